The lowest BCUT2D eigenvalue weighted by Gasteiger charge is -2.10. The van der Waals surface area contributed by atoms with Gasteiger partial charge < -0.3 is 0 Å². The second-order valence-electron chi connectivity index (χ2n) is 5.05. The van der Waals surface area contributed by atoms with Gasteiger partial charge in [0.15, 0.2) is 0 Å². The molecule has 0 radical (unpaired) electrons. The lowest BCUT2D eigenvalue weighted by molar-refractivity contribution is -0.614. The summed E-state index contributed by atoms with van der Waals surface area (Å²) in [5.74, 6) is 0. The highest BCUT2D eigenvalue weighted by Crippen LogP contribution is 2.13. The van der Waals surface area contributed by atoms with E-state index in [1.165, 1.54) is 0 Å². The van der Waals surface area contributed by atoms with Crippen molar-refractivity contribution in [2.45, 2.75) is 13.8 Å². The van der Waals surface area contributed by atoms with Crippen molar-refractivity contribution in [2.75, 3.05) is 0 Å². The van der Waals surface area contributed by atoms with Crippen LogP contribution in [0.4, 0.5) is 0 Å². The summed E-state index contributed by atoms with van der Waals surface area (Å²) in [6, 6.07) is 22.6. The summed E-state index contributed by atoms with van der Waals surface area (Å²) in [5.41, 5.74) is 4.45. The molecular formula is C18H17N2S+. The number of aromatic nitrogens is 2. The van der Waals surface area contributed by atoms with Crippen LogP contribution in [0.15, 0.2) is 66.7 Å². The molecular weight excluding hydrogens is 276 g/mol. The van der Waals surface area contributed by atoms with E-state index in [4.69, 9.17) is 12.2 Å². The molecule has 0 aliphatic heterocycles. The second kappa shape index (κ2) is 5.62. The minimum Gasteiger partial charge on any atom is -0.187 e. The van der Waals surface area contributed by atoms with Crippen molar-refractivity contribution in [3.05, 3.63) is 82.9 Å². The van der Waals surface area contributed by atoms with Crippen molar-refractivity contribution >= 4 is 12.2 Å². The number of rotatable bonds is 2. The molecule has 1 heterocycles. The van der Waals surface area contributed by atoms with Crippen LogP contribution >= 0.6 is 12.2 Å². The van der Waals surface area contributed by atoms with Crippen molar-refractivity contribution in [1.82, 2.24) is 4.57 Å². The molecule has 3 rings (SSSR count). The molecule has 0 fully saturated rings. The topological polar surface area (TPSA) is 8.81 Å². The average molecular weight is 293 g/mol. The summed E-state index contributed by atoms with van der Waals surface area (Å²) in [4.78, 5) is 0. The van der Waals surface area contributed by atoms with Gasteiger partial charge in [0.1, 0.15) is 22.8 Å². The zero-order valence-electron chi connectivity index (χ0n) is 12.2. The van der Waals surface area contributed by atoms with Crippen LogP contribution in [0, 0.1) is 18.6 Å². The average Bonchev–Trinajstić information content (AvgIpc) is 2.49. The normalized spacial score (nSPS) is 10.6. The smallest absolute Gasteiger partial charge is 0.187 e. The number of benzene rings is 2. The van der Waals surface area contributed by atoms with E-state index < -0.39 is 0 Å². The molecule has 21 heavy (non-hydrogen) atoms. The summed E-state index contributed by atoms with van der Waals surface area (Å²) >= 11 is 5.76. The molecule has 0 N–H and O–H groups in total. The van der Waals surface area contributed by atoms with Crippen LogP contribution in [-0.2, 0) is 0 Å². The van der Waals surface area contributed by atoms with E-state index in [0.717, 1.165) is 27.5 Å². The third-order valence-corrected chi connectivity index (χ3v) is 3.90. The van der Waals surface area contributed by atoms with E-state index in [9.17, 15) is 0 Å². The van der Waals surface area contributed by atoms with Crippen LogP contribution in [0.5, 0.6) is 0 Å². The fourth-order valence-corrected chi connectivity index (χ4v) is 3.11. The zero-order valence-corrected chi connectivity index (χ0v) is 13.0. The Morgan fingerprint density at radius 3 is 2.05 bits per heavy atom. The zero-order chi connectivity index (χ0) is 14.8. The summed E-state index contributed by atoms with van der Waals surface area (Å²) in [6.07, 6.45) is 0. The maximum atomic E-state index is 5.76. The van der Waals surface area contributed by atoms with E-state index in [2.05, 4.69) is 53.3 Å². The molecule has 3 heteroatoms. The van der Waals surface area contributed by atoms with Gasteiger partial charge >= 0.3 is 4.77 Å². The van der Waals surface area contributed by atoms with Crippen LogP contribution in [-0.4, -0.2) is 4.57 Å². The highest BCUT2D eigenvalue weighted by atomic mass is 32.1. The molecule has 2 nitrogen and oxygen atoms in total. The molecule has 0 aliphatic carbocycles. The molecule has 104 valence electrons. The predicted molar refractivity (Wildman–Crippen MR) is 87.6 cm³/mol. The highest BCUT2D eigenvalue weighted by Gasteiger charge is 2.17. The van der Waals surface area contributed by atoms with Crippen LogP contribution < -0.4 is 4.57 Å². The third kappa shape index (κ3) is 2.52. The third-order valence-electron chi connectivity index (χ3n) is 3.53. The van der Waals surface area contributed by atoms with Gasteiger partial charge in [-0.1, -0.05) is 36.4 Å². The van der Waals surface area contributed by atoms with Gasteiger partial charge in [-0.05, 0) is 38.1 Å². The Kier molecular flexibility index (Phi) is 3.67. The van der Waals surface area contributed by atoms with E-state index in [1.54, 1.807) is 0 Å². The van der Waals surface area contributed by atoms with Crippen molar-refractivity contribution in [2.24, 2.45) is 0 Å². The standard InChI is InChI=1S/C18H17N2S/c1-14-13-15(2)20(17-11-7-4-8-12-17)18(21)19(14)16-9-5-3-6-10-16/h3-13H,1-2H3/q+1. The van der Waals surface area contributed by atoms with Crippen LogP contribution in [0.3, 0.4) is 0 Å². The summed E-state index contributed by atoms with van der Waals surface area (Å²) in [7, 11) is 0. The Morgan fingerprint density at radius 1 is 0.857 bits per heavy atom. The number of hydrogen-bond donors (Lipinski definition) is 0. The monoisotopic (exact) mass is 293 g/mol. The first kappa shape index (κ1) is 13.7. The maximum Gasteiger partial charge on any atom is 0.361 e. The number of para-hydroxylation sites is 2. The predicted octanol–water partition coefficient (Wildman–Crippen LogP) is 4.10. The van der Waals surface area contributed by atoms with Crippen molar-refractivity contribution in [3.8, 4) is 11.4 Å². The molecule has 0 unspecified atom stereocenters. The quantitative estimate of drug-likeness (QED) is 0.510. The molecule has 0 atom stereocenters. The molecule has 0 saturated heterocycles. The number of nitrogens with zero attached hydrogens (tertiary/aromatic N) is 2. The number of aryl methyl sites for hydroxylation is 2. The SMILES string of the molecule is Cc1cc(C)[n+](-c2ccccc2)c(=S)n1-c1ccccc1. The van der Waals surface area contributed by atoms with Crippen molar-refractivity contribution in [1.29, 1.82) is 0 Å². The van der Waals surface area contributed by atoms with Gasteiger partial charge in [0, 0.05) is 18.3 Å². The first-order valence-electron chi connectivity index (χ1n) is 6.94. The van der Waals surface area contributed by atoms with Crippen molar-refractivity contribution in [3.63, 3.8) is 0 Å². The molecule has 0 saturated carbocycles. The number of hydrogen-bond acceptors (Lipinski definition) is 1. The Morgan fingerprint density at radius 2 is 1.43 bits per heavy atom. The lowest BCUT2D eigenvalue weighted by atomic mass is 10.2. The first-order valence-corrected chi connectivity index (χ1v) is 7.35. The van der Waals surface area contributed by atoms with Gasteiger partial charge in [0.05, 0.1) is 0 Å². The molecule has 0 amide bonds. The molecule has 3 aromatic rings. The minimum absolute atomic E-state index is 0.782. The van der Waals surface area contributed by atoms with Gasteiger partial charge in [-0.3, -0.25) is 0 Å². The molecule has 2 aromatic carbocycles. The fourth-order valence-electron chi connectivity index (χ4n) is 2.62. The summed E-state index contributed by atoms with van der Waals surface area (Å²) in [6.45, 7) is 4.18. The Hall–Kier alpha value is -2.26. The molecule has 0 spiro atoms. The van der Waals surface area contributed by atoms with Gasteiger partial charge in [0.25, 0.3) is 0 Å². The van der Waals surface area contributed by atoms with E-state index in [1.807, 2.05) is 36.4 Å². The minimum atomic E-state index is 0.782. The van der Waals surface area contributed by atoms with E-state index in [0.29, 0.717) is 0 Å². The Bertz CT molecular complexity index is 754. The van der Waals surface area contributed by atoms with Gasteiger partial charge in [-0.25, -0.2) is 0 Å². The molecule has 0 aliphatic rings. The maximum absolute atomic E-state index is 5.76. The van der Waals surface area contributed by atoms with Gasteiger partial charge in [-0.2, -0.15) is 9.13 Å². The van der Waals surface area contributed by atoms with Gasteiger partial charge in [-0.15, -0.1) is 0 Å². The summed E-state index contributed by atoms with van der Waals surface area (Å²) in [5, 5.41) is 0. The van der Waals surface area contributed by atoms with Crippen LogP contribution in [0.2, 0.25) is 0 Å². The van der Waals surface area contributed by atoms with Gasteiger partial charge in [0.2, 0.25) is 0 Å². The Balaban J connectivity index is 2.32. The summed E-state index contributed by atoms with van der Waals surface area (Å²) < 4.78 is 5.00. The highest BCUT2D eigenvalue weighted by molar-refractivity contribution is 7.71. The van der Waals surface area contributed by atoms with Crippen LogP contribution in [0.1, 0.15) is 11.4 Å². The first-order chi connectivity index (χ1) is 10.2. The second-order valence-corrected chi connectivity index (χ2v) is 5.42. The Labute approximate surface area is 129 Å². The van der Waals surface area contributed by atoms with Crippen molar-refractivity contribution < 1.29 is 4.57 Å². The largest absolute Gasteiger partial charge is 0.361 e. The van der Waals surface area contributed by atoms with Crippen LogP contribution in [0.25, 0.3) is 11.4 Å². The van der Waals surface area contributed by atoms with E-state index >= 15 is 0 Å². The fraction of sp³-hybridized carbons (Fsp3) is 0.111. The van der Waals surface area contributed by atoms with E-state index in [-0.39, 0.29) is 0 Å². The molecule has 1 aromatic heterocycles. The lowest BCUT2D eigenvalue weighted by Crippen LogP contribution is -2.39. The molecule has 0 bridgehead atoms.